The van der Waals surface area contributed by atoms with Gasteiger partial charge in [-0.2, -0.15) is 11.3 Å². The number of hydrogen-bond acceptors (Lipinski definition) is 3. The van der Waals surface area contributed by atoms with Gasteiger partial charge in [0.2, 0.25) is 0 Å². The molecule has 0 radical (unpaired) electrons. The first-order chi connectivity index (χ1) is 7.75. The normalized spacial score (nSPS) is 10.3. The van der Waals surface area contributed by atoms with Crippen LogP contribution in [-0.2, 0) is 6.42 Å². The number of anilines is 2. The lowest BCUT2D eigenvalue weighted by Gasteiger charge is -2.09. The number of rotatable bonds is 4. The molecule has 1 aromatic carbocycles. The van der Waals surface area contributed by atoms with Crippen LogP contribution in [0.15, 0.2) is 35.0 Å². The zero-order valence-corrected chi connectivity index (χ0v) is 10.2. The summed E-state index contributed by atoms with van der Waals surface area (Å²) in [4.78, 5) is 0. The maximum Gasteiger partial charge on any atom is 0.0574 e. The predicted octanol–water partition coefficient (Wildman–Crippen LogP) is 3.29. The van der Waals surface area contributed by atoms with Gasteiger partial charge in [0.15, 0.2) is 0 Å². The van der Waals surface area contributed by atoms with E-state index in [-0.39, 0.29) is 0 Å². The predicted molar refractivity (Wildman–Crippen MR) is 72.1 cm³/mol. The summed E-state index contributed by atoms with van der Waals surface area (Å²) in [7, 11) is 0. The number of nitrogen functional groups attached to an aromatic ring is 1. The van der Waals surface area contributed by atoms with Crippen LogP contribution in [0.2, 0.25) is 0 Å². The standard InChI is InChI=1S/C13H16N2S/c1-10-2-3-13(12(14)8-10)15-6-4-11-5-7-16-9-11/h2-3,5,7-9,15H,4,6,14H2,1H3. The molecule has 0 aliphatic carbocycles. The highest BCUT2D eigenvalue weighted by Gasteiger charge is 1.98. The lowest BCUT2D eigenvalue weighted by atomic mass is 10.2. The van der Waals surface area contributed by atoms with Gasteiger partial charge in [-0.1, -0.05) is 6.07 Å². The summed E-state index contributed by atoms with van der Waals surface area (Å²) in [5.74, 6) is 0. The summed E-state index contributed by atoms with van der Waals surface area (Å²) in [6.07, 6.45) is 1.04. The first-order valence-electron chi connectivity index (χ1n) is 5.37. The van der Waals surface area contributed by atoms with Crippen molar-refractivity contribution in [3.8, 4) is 0 Å². The second kappa shape index (κ2) is 5.03. The molecule has 84 valence electrons. The molecule has 3 N–H and O–H groups in total. The van der Waals surface area contributed by atoms with Crippen LogP contribution in [0, 0.1) is 6.92 Å². The van der Waals surface area contributed by atoms with E-state index in [0.29, 0.717) is 0 Å². The van der Waals surface area contributed by atoms with Crippen LogP contribution >= 0.6 is 11.3 Å². The molecule has 0 aliphatic heterocycles. The summed E-state index contributed by atoms with van der Waals surface area (Å²) < 4.78 is 0. The summed E-state index contributed by atoms with van der Waals surface area (Å²) >= 11 is 1.74. The first kappa shape index (κ1) is 11.0. The highest BCUT2D eigenvalue weighted by molar-refractivity contribution is 7.07. The Morgan fingerprint density at radius 1 is 1.31 bits per heavy atom. The minimum atomic E-state index is 0.824. The Morgan fingerprint density at radius 2 is 2.19 bits per heavy atom. The fourth-order valence-corrected chi connectivity index (χ4v) is 2.32. The van der Waals surface area contributed by atoms with Gasteiger partial charge in [0, 0.05) is 6.54 Å². The van der Waals surface area contributed by atoms with E-state index in [1.54, 1.807) is 11.3 Å². The number of nitrogens with one attached hydrogen (secondary N) is 1. The molecule has 0 saturated carbocycles. The Labute approximate surface area is 100 Å². The number of nitrogens with two attached hydrogens (primary N) is 1. The number of benzene rings is 1. The molecule has 16 heavy (non-hydrogen) atoms. The molecule has 1 heterocycles. The molecular formula is C13H16N2S. The molecule has 3 heteroatoms. The lowest BCUT2D eigenvalue weighted by molar-refractivity contribution is 1.03. The first-order valence-corrected chi connectivity index (χ1v) is 6.31. The van der Waals surface area contributed by atoms with Gasteiger partial charge in [0.25, 0.3) is 0 Å². The molecule has 0 amide bonds. The largest absolute Gasteiger partial charge is 0.397 e. The van der Waals surface area contributed by atoms with Crippen LogP contribution in [0.4, 0.5) is 11.4 Å². The van der Waals surface area contributed by atoms with Gasteiger partial charge in [-0.05, 0) is 53.4 Å². The number of hydrogen-bond donors (Lipinski definition) is 2. The minimum absolute atomic E-state index is 0.824. The van der Waals surface area contributed by atoms with E-state index in [4.69, 9.17) is 5.73 Å². The molecular weight excluding hydrogens is 216 g/mol. The Kier molecular flexibility index (Phi) is 3.47. The van der Waals surface area contributed by atoms with Gasteiger partial charge < -0.3 is 11.1 Å². The third kappa shape index (κ3) is 2.76. The zero-order valence-electron chi connectivity index (χ0n) is 9.36. The maximum absolute atomic E-state index is 5.92. The van der Waals surface area contributed by atoms with Crippen LogP contribution < -0.4 is 11.1 Å². The molecule has 0 saturated heterocycles. The average molecular weight is 232 g/mol. The van der Waals surface area contributed by atoms with Crippen LogP contribution in [0.1, 0.15) is 11.1 Å². The Morgan fingerprint density at radius 3 is 2.88 bits per heavy atom. The van der Waals surface area contributed by atoms with Crippen molar-refractivity contribution in [2.75, 3.05) is 17.6 Å². The van der Waals surface area contributed by atoms with Gasteiger partial charge in [-0.25, -0.2) is 0 Å². The summed E-state index contributed by atoms with van der Waals surface area (Å²) in [6, 6.07) is 8.26. The molecule has 0 aliphatic rings. The lowest BCUT2D eigenvalue weighted by Crippen LogP contribution is -2.06. The van der Waals surface area contributed by atoms with Crippen LogP contribution in [0.5, 0.6) is 0 Å². The molecule has 2 nitrogen and oxygen atoms in total. The maximum atomic E-state index is 5.92. The van der Waals surface area contributed by atoms with Crippen LogP contribution in [0.3, 0.4) is 0 Å². The summed E-state index contributed by atoms with van der Waals surface area (Å²) in [5, 5.41) is 7.65. The van der Waals surface area contributed by atoms with E-state index >= 15 is 0 Å². The van der Waals surface area contributed by atoms with Crippen molar-refractivity contribution in [2.45, 2.75) is 13.3 Å². The second-order valence-corrected chi connectivity index (χ2v) is 4.68. The number of aryl methyl sites for hydroxylation is 1. The van der Waals surface area contributed by atoms with Crippen molar-refractivity contribution < 1.29 is 0 Å². The monoisotopic (exact) mass is 232 g/mol. The van der Waals surface area contributed by atoms with Crippen LogP contribution in [-0.4, -0.2) is 6.54 Å². The van der Waals surface area contributed by atoms with E-state index in [9.17, 15) is 0 Å². The third-order valence-electron chi connectivity index (χ3n) is 2.52. The quantitative estimate of drug-likeness (QED) is 0.794. The van der Waals surface area contributed by atoms with Crippen molar-refractivity contribution >= 4 is 22.7 Å². The minimum Gasteiger partial charge on any atom is -0.397 e. The Hall–Kier alpha value is -1.48. The number of thiophene rings is 1. The van der Waals surface area contributed by atoms with E-state index < -0.39 is 0 Å². The molecule has 2 aromatic rings. The van der Waals surface area contributed by atoms with Gasteiger partial charge >= 0.3 is 0 Å². The summed E-state index contributed by atoms with van der Waals surface area (Å²) in [6.45, 7) is 2.97. The van der Waals surface area contributed by atoms with E-state index in [2.05, 4.69) is 28.2 Å². The van der Waals surface area contributed by atoms with E-state index in [0.717, 1.165) is 24.3 Å². The topological polar surface area (TPSA) is 38.0 Å². The molecule has 0 spiro atoms. The Balaban J connectivity index is 1.90. The third-order valence-corrected chi connectivity index (χ3v) is 3.25. The van der Waals surface area contributed by atoms with Crippen molar-refractivity contribution in [3.63, 3.8) is 0 Å². The van der Waals surface area contributed by atoms with E-state index in [1.165, 1.54) is 11.1 Å². The molecule has 0 fully saturated rings. The molecule has 1 aromatic heterocycles. The summed E-state index contributed by atoms with van der Waals surface area (Å²) in [5.41, 5.74) is 10.3. The van der Waals surface area contributed by atoms with Crippen LogP contribution in [0.25, 0.3) is 0 Å². The zero-order chi connectivity index (χ0) is 11.4. The molecule has 0 bridgehead atoms. The molecule has 0 atom stereocenters. The SMILES string of the molecule is Cc1ccc(NCCc2ccsc2)c(N)c1. The second-order valence-electron chi connectivity index (χ2n) is 3.90. The highest BCUT2D eigenvalue weighted by atomic mass is 32.1. The van der Waals surface area contributed by atoms with Crippen molar-refractivity contribution in [1.82, 2.24) is 0 Å². The Bertz CT molecular complexity index is 449. The van der Waals surface area contributed by atoms with Gasteiger partial charge in [-0.3, -0.25) is 0 Å². The fourth-order valence-electron chi connectivity index (χ4n) is 1.62. The van der Waals surface area contributed by atoms with Crippen molar-refractivity contribution in [3.05, 3.63) is 46.2 Å². The highest BCUT2D eigenvalue weighted by Crippen LogP contribution is 2.19. The van der Waals surface area contributed by atoms with Gasteiger partial charge in [-0.15, -0.1) is 0 Å². The van der Waals surface area contributed by atoms with Crippen molar-refractivity contribution in [1.29, 1.82) is 0 Å². The molecule has 2 rings (SSSR count). The van der Waals surface area contributed by atoms with Crippen molar-refractivity contribution in [2.24, 2.45) is 0 Å². The fraction of sp³-hybridized carbons (Fsp3) is 0.231. The van der Waals surface area contributed by atoms with E-state index in [1.807, 2.05) is 19.1 Å². The average Bonchev–Trinajstić information content (AvgIpc) is 2.74. The molecule has 0 unspecified atom stereocenters. The van der Waals surface area contributed by atoms with Gasteiger partial charge in [0.1, 0.15) is 0 Å². The smallest absolute Gasteiger partial charge is 0.0574 e. The van der Waals surface area contributed by atoms with Gasteiger partial charge in [0.05, 0.1) is 11.4 Å².